The summed E-state index contributed by atoms with van der Waals surface area (Å²) in [5.41, 5.74) is 10.1. The lowest BCUT2D eigenvalue weighted by molar-refractivity contribution is -0.120. The molecule has 0 spiro atoms. The Balaban J connectivity index is 1.59. The summed E-state index contributed by atoms with van der Waals surface area (Å²) in [6, 6.07) is 12.0. The highest BCUT2D eigenvalue weighted by molar-refractivity contribution is 5.98. The number of nitrogens with two attached hydrogens (primary N) is 1. The molecule has 2 aromatic carbocycles. The number of benzene rings is 2. The van der Waals surface area contributed by atoms with E-state index in [0.717, 1.165) is 40.7 Å². The highest BCUT2D eigenvalue weighted by atomic mass is 19.1. The summed E-state index contributed by atoms with van der Waals surface area (Å²) in [7, 11) is 4.02. The topological polar surface area (TPSA) is 65.4 Å². The Morgan fingerprint density at radius 3 is 2.90 bits per heavy atom. The third kappa shape index (κ3) is 4.04. The van der Waals surface area contributed by atoms with Gasteiger partial charge < -0.3 is 20.5 Å². The molecule has 3 N–H and O–H groups in total. The normalized spacial score (nSPS) is 17.6. The molecule has 5 nitrogen and oxygen atoms in total. The number of carbonyl (C=O) groups excluding carboxylic acids is 1. The standard InChI is InChI=1S/C23H27FN4O/c1-27(2)13-15-9-16-10-18(24)7-8-22(16)28(14-15)23(29)20(25)11-17-12-26-21-6-4-3-5-19(17)21/h3-8,10,12,15,20,26H,9,11,13-14,25H2,1-2H3. The fourth-order valence-corrected chi connectivity index (χ4v) is 4.39. The molecule has 1 aliphatic heterocycles. The van der Waals surface area contributed by atoms with E-state index in [0.29, 0.717) is 13.0 Å². The monoisotopic (exact) mass is 394 g/mol. The first-order valence-electron chi connectivity index (χ1n) is 9.97. The Morgan fingerprint density at radius 1 is 1.31 bits per heavy atom. The van der Waals surface area contributed by atoms with Crippen molar-refractivity contribution < 1.29 is 9.18 Å². The molecule has 152 valence electrons. The first kappa shape index (κ1) is 19.6. The minimum Gasteiger partial charge on any atom is -0.361 e. The predicted molar refractivity (Wildman–Crippen MR) is 114 cm³/mol. The van der Waals surface area contributed by atoms with Crippen molar-refractivity contribution >= 4 is 22.5 Å². The van der Waals surface area contributed by atoms with Crippen molar-refractivity contribution in [1.29, 1.82) is 0 Å². The molecule has 1 aliphatic rings. The largest absolute Gasteiger partial charge is 0.361 e. The van der Waals surface area contributed by atoms with Gasteiger partial charge in [-0.3, -0.25) is 4.79 Å². The van der Waals surface area contributed by atoms with Gasteiger partial charge in [-0.25, -0.2) is 4.39 Å². The summed E-state index contributed by atoms with van der Waals surface area (Å²) >= 11 is 0. The summed E-state index contributed by atoms with van der Waals surface area (Å²) in [6.07, 6.45) is 3.13. The van der Waals surface area contributed by atoms with Crippen LogP contribution in [0.3, 0.4) is 0 Å². The van der Waals surface area contributed by atoms with Crippen LogP contribution in [-0.4, -0.2) is 49.0 Å². The Morgan fingerprint density at radius 2 is 2.10 bits per heavy atom. The molecule has 1 amide bonds. The van der Waals surface area contributed by atoms with Gasteiger partial charge in [0.25, 0.3) is 0 Å². The van der Waals surface area contributed by atoms with Gasteiger partial charge in [-0.15, -0.1) is 0 Å². The van der Waals surface area contributed by atoms with Gasteiger partial charge in [0.05, 0.1) is 6.04 Å². The van der Waals surface area contributed by atoms with Crippen molar-refractivity contribution in [3.05, 3.63) is 65.6 Å². The molecule has 2 heterocycles. The van der Waals surface area contributed by atoms with Gasteiger partial charge >= 0.3 is 0 Å². The minimum atomic E-state index is -0.662. The number of para-hydroxylation sites is 1. The maximum atomic E-state index is 13.8. The molecule has 0 saturated carbocycles. The Kier molecular flexibility index (Phi) is 5.39. The first-order valence-corrected chi connectivity index (χ1v) is 9.97. The van der Waals surface area contributed by atoms with Gasteiger partial charge in [0, 0.05) is 35.9 Å². The second kappa shape index (κ2) is 7.97. The molecule has 0 fully saturated rings. The van der Waals surface area contributed by atoms with E-state index < -0.39 is 6.04 Å². The Hall–Kier alpha value is -2.70. The summed E-state index contributed by atoms with van der Waals surface area (Å²) < 4.78 is 13.8. The summed E-state index contributed by atoms with van der Waals surface area (Å²) in [4.78, 5) is 20.4. The van der Waals surface area contributed by atoms with Crippen LogP contribution < -0.4 is 10.6 Å². The molecule has 2 atom stereocenters. The second-order valence-electron chi connectivity index (χ2n) is 8.22. The second-order valence-corrected chi connectivity index (χ2v) is 8.22. The quantitative estimate of drug-likeness (QED) is 0.699. The zero-order valence-electron chi connectivity index (χ0n) is 16.9. The number of hydrogen-bond donors (Lipinski definition) is 2. The lowest BCUT2D eigenvalue weighted by Gasteiger charge is -2.37. The van der Waals surface area contributed by atoms with E-state index >= 15 is 0 Å². The summed E-state index contributed by atoms with van der Waals surface area (Å²) in [6.45, 7) is 1.43. The zero-order chi connectivity index (χ0) is 20.5. The number of halogens is 1. The number of H-pyrrole nitrogens is 1. The fourth-order valence-electron chi connectivity index (χ4n) is 4.39. The minimum absolute atomic E-state index is 0.119. The highest BCUT2D eigenvalue weighted by Crippen LogP contribution is 2.31. The van der Waals surface area contributed by atoms with Crippen molar-refractivity contribution in [2.24, 2.45) is 11.7 Å². The smallest absolute Gasteiger partial charge is 0.244 e. The predicted octanol–water partition coefficient (Wildman–Crippen LogP) is 2.94. The molecule has 4 rings (SSSR count). The molecule has 0 saturated heterocycles. The van der Waals surface area contributed by atoms with Crippen LogP contribution >= 0.6 is 0 Å². The highest BCUT2D eigenvalue weighted by Gasteiger charge is 2.32. The maximum Gasteiger partial charge on any atom is 0.244 e. The van der Waals surface area contributed by atoms with E-state index in [-0.39, 0.29) is 17.6 Å². The van der Waals surface area contributed by atoms with Crippen LogP contribution in [0.1, 0.15) is 11.1 Å². The Labute approximate surface area is 170 Å². The van der Waals surface area contributed by atoms with Gasteiger partial charge in [0.15, 0.2) is 0 Å². The molecule has 3 aromatic rings. The molecule has 1 aromatic heterocycles. The number of aromatic amines is 1. The number of fused-ring (bicyclic) bond motifs is 2. The van der Waals surface area contributed by atoms with Gasteiger partial charge in [-0.2, -0.15) is 0 Å². The van der Waals surface area contributed by atoms with E-state index in [1.54, 1.807) is 17.0 Å². The van der Waals surface area contributed by atoms with E-state index in [4.69, 9.17) is 5.73 Å². The lowest BCUT2D eigenvalue weighted by atomic mass is 9.91. The molecule has 2 unspecified atom stereocenters. The number of hydrogen-bond acceptors (Lipinski definition) is 3. The van der Waals surface area contributed by atoms with Crippen LogP contribution in [0.25, 0.3) is 10.9 Å². The van der Waals surface area contributed by atoms with E-state index in [9.17, 15) is 9.18 Å². The van der Waals surface area contributed by atoms with Crippen molar-refractivity contribution in [1.82, 2.24) is 9.88 Å². The van der Waals surface area contributed by atoms with Crippen molar-refractivity contribution in [3.8, 4) is 0 Å². The first-order chi connectivity index (χ1) is 13.9. The van der Waals surface area contributed by atoms with Crippen LogP contribution in [-0.2, 0) is 17.6 Å². The van der Waals surface area contributed by atoms with Crippen LogP contribution in [0, 0.1) is 11.7 Å². The van der Waals surface area contributed by atoms with Crippen molar-refractivity contribution in [2.75, 3.05) is 32.1 Å². The molecule has 0 aliphatic carbocycles. The molecule has 6 heteroatoms. The fraction of sp³-hybridized carbons (Fsp3) is 0.348. The third-order valence-electron chi connectivity index (χ3n) is 5.60. The molecule has 0 bridgehead atoms. The lowest BCUT2D eigenvalue weighted by Crippen LogP contribution is -2.50. The number of nitrogens with zero attached hydrogens (tertiary/aromatic N) is 2. The maximum absolute atomic E-state index is 13.8. The number of carbonyl (C=O) groups is 1. The van der Waals surface area contributed by atoms with Gasteiger partial charge in [-0.05, 0) is 68.2 Å². The van der Waals surface area contributed by atoms with Gasteiger partial charge in [0.2, 0.25) is 5.91 Å². The van der Waals surface area contributed by atoms with E-state index in [1.807, 2.05) is 44.6 Å². The van der Waals surface area contributed by atoms with Gasteiger partial charge in [-0.1, -0.05) is 18.2 Å². The summed E-state index contributed by atoms with van der Waals surface area (Å²) in [5, 5.41) is 1.09. The third-order valence-corrected chi connectivity index (χ3v) is 5.60. The SMILES string of the molecule is CN(C)CC1Cc2cc(F)ccc2N(C(=O)C(N)Cc2c[nH]c3ccccc23)C1. The van der Waals surface area contributed by atoms with Crippen molar-refractivity contribution in [2.45, 2.75) is 18.9 Å². The van der Waals surface area contributed by atoms with Crippen LogP contribution in [0.2, 0.25) is 0 Å². The number of nitrogens with one attached hydrogen (secondary N) is 1. The number of aromatic nitrogens is 1. The average molecular weight is 394 g/mol. The van der Waals surface area contributed by atoms with Crippen LogP contribution in [0.4, 0.5) is 10.1 Å². The van der Waals surface area contributed by atoms with Crippen LogP contribution in [0.5, 0.6) is 0 Å². The van der Waals surface area contributed by atoms with E-state index in [1.165, 1.54) is 6.07 Å². The zero-order valence-corrected chi connectivity index (χ0v) is 16.9. The number of amides is 1. The average Bonchev–Trinajstić information content (AvgIpc) is 3.09. The molecule has 29 heavy (non-hydrogen) atoms. The van der Waals surface area contributed by atoms with Crippen LogP contribution in [0.15, 0.2) is 48.7 Å². The molecular weight excluding hydrogens is 367 g/mol. The number of rotatable bonds is 5. The van der Waals surface area contributed by atoms with Gasteiger partial charge in [0.1, 0.15) is 5.82 Å². The Bertz CT molecular complexity index is 1030. The molecule has 0 radical (unpaired) electrons. The molecular formula is C23H27FN4O. The van der Waals surface area contributed by atoms with Crippen molar-refractivity contribution in [3.63, 3.8) is 0 Å². The number of anilines is 1. The van der Waals surface area contributed by atoms with E-state index in [2.05, 4.69) is 9.88 Å². The summed E-state index contributed by atoms with van der Waals surface area (Å²) in [5.74, 6) is -0.153.